The largest absolute Gasteiger partial charge is 0.361 e. The van der Waals surface area contributed by atoms with Crippen molar-refractivity contribution in [2.75, 3.05) is 6.54 Å². The summed E-state index contributed by atoms with van der Waals surface area (Å²) in [4.78, 5) is 15.3. The maximum atomic E-state index is 12.1. The van der Waals surface area contributed by atoms with Crippen LogP contribution in [-0.4, -0.2) is 23.5 Å². The van der Waals surface area contributed by atoms with Crippen LogP contribution in [0.3, 0.4) is 0 Å². The fraction of sp³-hybridized carbons (Fsp3) is 0.471. The van der Waals surface area contributed by atoms with Gasteiger partial charge >= 0.3 is 0 Å². The van der Waals surface area contributed by atoms with Gasteiger partial charge in [0.1, 0.15) is 0 Å². The Labute approximate surface area is 125 Å². The van der Waals surface area contributed by atoms with Crippen LogP contribution in [0.1, 0.15) is 31.2 Å². The fourth-order valence-electron chi connectivity index (χ4n) is 3.22. The number of carbonyl (C=O) groups excluding carboxylic acids is 1. The minimum Gasteiger partial charge on any atom is -0.361 e. The van der Waals surface area contributed by atoms with Gasteiger partial charge in [-0.1, -0.05) is 31.0 Å². The van der Waals surface area contributed by atoms with Crippen molar-refractivity contribution in [1.82, 2.24) is 10.3 Å². The van der Waals surface area contributed by atoms with Gasteiger partial charge in [0.05, 0.1) is 6.04 Å². The molecular formula is C17H23N3O. The van der Waals surface area contributed by atoms with Crippen LogP contribution in [0.5, 0.6) is 0 Å². The van der Waals surface area contributed by atoms with E-state index in [0.717, 1.165) is 23.0 Å². The maximum absolute atomic E-state index is 12.1. The van der Waals surface area contributed by atoms with E-state index in [1.165, 1.54) is 25.7 Å². The molecule has 1 aliphatic carbocycles. The molecule has 0 saturated heterocycles. The van der Waals surface area contributed by atoms with Gasteiger partial charge in [-0.15, -0.1) is 0 Å². The third-order valence-corrected chi connectivity index (χ3v) is 4.49. The molecule has 0 radical (unpaired) electrons. The van der Waals surface area contributed by atoms with Gasteiger partial charge < -0.3 is 16.0 Å². The van der Waals surface area contributed by atoms with Crippen molar-refractivity contribution in [2.45, 2.75) is 38.1 Å². The standard InChI is InChI=1S/C17H23N3O/c18-15(17(21)20-10-12-5-1-2-6-12)9-13-11-19-16-8-4-3-7-14(13)16/h3-4,7-8,11-12,15,19H,1-2,5-6,9-10,18H2,(H,20,21). The van der Waals surface area contributed by atoms with Crippen molar-refractivity contribution in [3.63, 3.8) is 0 Å². The number of nitrogens with one attached hydrogen (secondary N) is 2. The molecule has 1 aromatic carbocycles. The lowest BCUT2D eigenvalue weighted by molar-refractivity contribution is -0.122. The number of rotatable bonds is 5. The minimum atomic E-state index is -0.481. The molecule has 4 heteroatoms. The number of hydrogen-bond acceptors (Lipinski definition) is 2. The molecule has 1 amide bonds. The lowest BCUT2D eigenvalue weighted by Crippen LogP contribution is -2.43. The molecule has 0 bridgehead atoms. The molecule has 0 aliphatic heterocycles. The highest BCUT2D eigenvalue weighted by atomic mass is 16.2. The van der Waals surface area contributed by atoms with Crippen LogP contribution in [-0.2, 0) is 11.2 Å². The number of carbonyl (C=O) groups is 1. The van der Waals surface area contributed by atoms with Crippen molar-refractivity contribution in [2.24, 2.45) is 11.7 Å². The summed E-state index contributed by atoms with van der Waals surface area (Å²) in [5.74, 6) is 0.612. The molecule has 4 N–H and O–H groups in total. The quantitative estimate of drug-likeness (QED) is 0.789. The van der Waals surface area contributed by atoms with Crippen molar-refractivity contribution < 1.29 is 4.79 Å². The predicted octanol–water partition coefficient (Wildman–Crippen LogP) is 2.34. The predicted molar refractivity (Wildman–Crippen MR) is 84.9 cm³/mol. The molecule has 1 saturated carbocycles. The van der Waals surface area contributed by atoms with Gasteiger partial charge in [0.15, 0.2) is 0 Å². The summed E-state index contributed by atoms with van der Waals surface area (Å²) in [6.07, 6.45) is 7.58. The molecule has 3 rings (SSSR count). The summed E-state index contributed by atoms with van der Waals surface area (Å²) in [5.41, 5.74) is 8.25. The van der Waals surface area contributed by atoms with Crippen LogP contribution < -0.4 is 11.1 Å². The normalized spacial score (nSPS) is 17.2. The second-order valence-electron chi connectivity index (χ2n) is 6.07. The molecule has 112 valence electrons. The van der Waals surface area contributed by atoms with E-state index in [2.05, 4.69) is 16.4 Å². The molecule has 1 aliphatic rings. The Morgan fingerprint density at radius 2 is 2.10 bits per heavy atom. The highest BCUT2D eigenvalue weighted by molar-refractivity contribution is 5.86. The van der Waals surface area contributed by atoms with Crippen LogP contribution in [0, 0.1) is 5.92 Å². The molecule has 4 nitrogen and oxygen atoms in total. The lowest BCUT2D eigenvalue weighted by Gasteiger charge is -2.14. The Balaban J connectivity index is 1.57. The van der Waals surface area contributed by atoms with Gasteiger partial charge in [0.25, 0.3) is 0 Å². The Bertz CT molecular complexity index is 613. The van der Waals surface area contributed by atoms with E-state index in [0.29, 0.717) is 12.3 Å². The molecule has 2 aromatic rings. The Morgan fingerprint density at radius 3 is 2.90 bits per heavy atom. The van der Waals surface area contributed by atoms with Crippen molar-refractivity contribution in [1.29, 1.82) is 0 Å². The van der Waals surface area contributed by atoms with E-state index in [1.54, 1.807) is 0 Å². The number of benzene rings is 1. The highest BCUT2D eigenvalue weighted by Gasteiger charge is 2.19. The zero-order chi connectivity index (χ0) is 14.7. The number of nitrogens with two attached hydrogens (primary N) is 1. The average Bonchev–Trinajstić information content (AvgIpc) is 3.15. The first-order chi connectivity index (χ1) is 10.2. The molecule has 1 fully saturated rings. The number of H-pyrrole nitrogens is 1. The third-order valence-electron chi connectivity index (χ3n) is 4.49. The summed E-state index contributed by atoms with van der Waals surface area (Å²) >= 11 is 0. The van der Waals surface area contributed by atoms with Gasteiger partial charge in [-0.05, 0) is 36.8 Å². The van der Waals surface area contributed by atoms with E-state index < -0.39 is 6.04 Å². The lowest BCUT2D eigenvalue weighted by atomic mass is 10.0. The zero-order valence-electron chi connectivity index (χ0n) is 12.3. The van der Waals surface area contributed by atoms with Crippen LogP contribution >= 0.6 is 0 Å². The topological polar surface area (TPSA) is 70.9 Å². The Kier molecular flexibility index (Phi) is 4.25. The van der Waals surface area contributed by atoms with E-state index in [-0.39, 0.29) is 5.91 Å². The summed E-state index contributed by atoms with van der Waals surface area (Å²) in [7, 11) is 0. The van der Waals surface area contributed by atoms with Crippen molar-refractivity contribution >= 4 is 16.8 Å². The number of aromatic amines is 1. The van der Waals surface area contributed by atoms with Gasteiger partial charge in [-0.25, -0.2) is 0 Å². The summed E-state index contributed by atoms with van der Waals surface area (Å²) < 4.78 is 0. The summed E-state index contributed by atoms with van der Waals surface area (Å²) in [5, 5.41) is 4.16. The fourth-order valence-corrected chi connectivity index (χ4v) is 3.22. The molecule has 1 aromatic heterocycles. The minimum absolute atomic E-state index is 0.0350. The van der Waals surface area contributed by atoms with Gasteiger partial charge in [0.2, 0.25) is 5.91 Å². The van der Waals surface area contributed by atoms with Gasteiger partial charge in [0, 0.05) is 23.6 Å². The third kappa shape index (κ3) is 3.27. The van der Waals surface area contributed by atoms with Crippen LogP contribution in [0.25, 0.3) is 10.9 Å². The first kappa shape index (κ1) is 14.1. The van der Waals surface area contributed by atoms with E-state index in [4.69, 9.17) is 5.73 Å². The van der Waals surface area contributed by atoms with Crippen LogP contribution in [0.2, 0.25) is 0 Å². The number of fused-ring (bicyclic) bond motifs is 1. The first-order valence-corrected chi connectivity index (χ1v) is 7.82. The SMILES string of the molecule is NC(Cc1c[nH]c2ccccc12)C(=O)NCC1CCCC1. The average molecular weight is 285 g/mol. The van der Waals surface area contributed by atoms with Crippen LogP contribution in [0.4, 0.5) is 0 Å². The highest BCUT2D eigenvalue weighted by Crippen LogP contribution is 2.23. The molecule has 21 heavy (non-hydrogen) atoms. The number of hydrogen-bond donors (Lipinski definition) is 3. The maximum Gasteiger partial charge on any atom is 0.237 e. The summed E-state index contributed by atoms with van der Waals surface area (Å²) in [6, 6.07) is 7.61. The molecular weight excluding hydrogens is 262 g/mol. The number of amides is 1. The monoisotopic (exact) mass is 285 g/mol. The van der Waals surface area contributed by atoms with Crippen LogP contribution in [0.15, 0.2) is 30.5 Å². The van der Waals surface area contributed by atoms with E-state index in [1.807, 2.05) is 24.4 Å². The van der Waals surface area contributed by atoms with Gasteiger partial charge in [-0.3, -0.25) is 4.79 Å². The Hall–Kier alpha value is -1.81. The van der Waals surface area contributed by atoms with E-state index >= 15 is 0 Å². The van der Waals surface area contributed by atoms with Gasteiger partial charge in [-0.2, -0.15) is 0 Å². The molecule has 0 spiro atoms. The summed E-state index contributed by atoms with van der Waals surface area (Å²) in [6.45, 7) is 0.778. The first-order valence-electron chi connectivity index (χ1n) is 7.82. The second kappa shape index (κ2) is 6.31. The van der Waals surface area contributed by atoms with Crippen molar-refractivity contribution in [3.8, 4) is 0 Å². The second-order valence-corrected chi connectivity index (χ2v) is 6.07. The smallest absolute Gasteiger partial charge is 0.237 e. The van der Waals surface area contributed by atoms with Crippen molar-refractivity contribution in [3.05, 3.63) is 36.0 Å². The zero-order valence-corrected chi connectivity index (χ0v) is 12.3. The molecule has 1 atom stereocenters. The Morgan fingerprint density at radius 1 is 1.33 bits per heavy atom. The number of aromatic nitrogens is 1. The number of para-hydroxylation sites is 1. The molecule has 1 heterocycles. The molecule has 1 unspecified atom stereocenters. The van der Waals surface area contributed by atoms with E-state index in [9.17, 15) is 4.79 Å².